The van der Waals surface area contributed by atoms with Crippen molar-refractivity contribution in [2.24, 2.45) is 13.0 Å². The van der Waals surface area contributed by atoms with Crippen LogP contribution in [0.15, 0.2) is 29.4 Å². The van der Waals surface area contributed by atoms with Crippen molar-refractivity contribution < 1.29 is 19.1 Å². The van der Waals surface area contributed by atoms with Gasteiger partial charge in [-0.05, 0) is 38.1 Å². The Hall–Kier alpha value is -2.68. The molecule has 0 radical (unpaired) electrons. The van der Waals surface area contributed by atoms with Crippen LogP contribution >= 0.6 is 11.8 Å². The fraction of sp³-hybridized carbons (Fsp3) is 0.450. The van der Waals surface area contributed by atoms with Crippen molar-refractivity contribution in [3.63, 3.8) is 0 Å². The van der Waals surface area contributed by atoms with Crippen molar-refractivity contribution in [3.8, 4) is 0 Å². The maximum atomic E-state index is 12.7. The summed E-state index contributed by atoms with van der Waals surface area (Å²) in [5, 5.41) is 11.0. The lowest BCUT2D eigenvalue weighted by Crippen LogP contribution is -2.18. The molecule has 2 aromatic rings. The molecule has 1 atom stereocenters. The van der Waals surface area contributed by atoms with E-state index in [9.17, 15) is 14.4 Å². The van der Waals surface area contributed by atoms with E-state index in [1.54, 1.807) is 49.7 Å². The molecule has 1 aromatic carbocycles. The zero-order chi connectivity index (χ0) is 21.6. The van der Waals surface area contributed by atoms with E-state index in [0.717, 1.165) is 0 Å². The van der Waals surface area contributed by atoms with E-state index < -0.39 is 5.25 Å². The third-order valence-electron chi connectivity index (χ3n) is 4.15. The highest BCUT2D eigenvalue weighted by atomic mass is 32.2. The van der Waals surface area contributed by atoms with Crippen LogP contribution in [0.25, 0.3) is 0 Å². The first-order valence-corrected chi connectivity index (χ1v) is 10.3. The molecule has 1 aromatic heterocycles. The predicted molar refractivity (Wildman–Crippen MR) is 111 cm³/mol. The van der Waals surface area contributed by atoms with E-state index in [-0.39, 0.29) is 30.0 Å². The molecule has 9 heteroatoms. The van der Waals surface area contributed by atoms with Gasteiger partial charge in [0.05, 0.1) is 11.9 Å². The molecule has 0 saturated heterocycles. The number of aromatic nitrogens is 3. The molecule has 2 rings (SSSR count). The molecule has 8 nitrogen and oxygen atoms in total. The SMILES string of the molecule is CCOC(=O)Cc1nnc(S[C@@H](C)C(=O)c2ccc(NC(=O)C(C)C)cc2)n1C. The van der Waals surface area contributed by atoms with Crippen molar-refractivity contribution in [3.05, 3.63) is 35.7 Å². The monoisotopic (exact) mass is 418 g/mol. The number of ether oxygens (including phenoxy) is 1. The largest absolute Gasteiger partial charge is 0.466 e. The number of anilines is 1. The van der Waals surface area contributed by atoms with Crippen molar-refractivity contribution in [1.29, 1.82) is 0 Å². The minimum absolute atomic E-state index is 0.0315. The molecule has 1 heterocycles. The fourth-order valence-corrected chi connectivity index (χ4v) is 3.30. The van der Waals surface area contributed by atoms with Crippen molar-refractivity contribution in [2.45, 2.75) is 44.5 Å². The maximum absolute atomic E-state index is 12.7. The fourth-order valence-electron chi connectivity index (χ4n) is 2.39. The van der Waals surface area contributed by atoms with Gasteiger partial charge in [-0.1, -0.05) is 25.6 Å². The van der Waals surface area contributed by atoms with Crippen LogP contribution in [-0.4, -0.2) is 44.3 Å². The summed E-state index contributed by atoms with van der Waals surface area (Å²) in [6.45, 7) is 7.48. The number of carbonyl (C=O) groups is 3. The Morgan fingerprint density at radius 3 is 2.38 bits per heavy atom. The molecule has 156 valence electrons. The normalized spacial score (nSPS) is 11.9. The van der Waals surface area contributed by atoms with Gasteiger partial charge in [-0.15, -0.1) is 10.2 Å². The van der Waals surface area contributed by atoms with E-state index in [2.05, 4.69) is 15.5 Å². The number of hydrogen-bond donors (Lipinski definition) is 1. The number of thioether (sulfide) groups is 1. The Morgan fingerprint density at radius 1 is 1.14 bits per heavy atom. The number of esters is 1. The second-order valence-electron chi connectivity index (χ2n) is 6.79. The van der Waals surface area contributed by atoms with Crippen molar-refractivity contribution in [1.82, 2.24) is 14.8 Å². The number of nitrogens with one attached hydrogen (secondary N) is 1. The second kappa shape index (κ2) is 10.2. The summed E-state index contributed by atoms with van der Waals surface area (Å²) in [6.07, 6.45) is 0.0315. The summed E-state index contributed by atoms with van der Waals surface area (Å²) >= 11 is 1.27. The summed E-state index contributed by atoms with van der Waals surface area (Å²) in [7, 11) is 1.75. The number of nitrogens with zero attached hydrogens (tertiary/aromatic N) is 3. The van der Waals surface area contributed by atoms with Crippen LogP contribution in [0.3, 0.4) is 0 Å². The van der Waals surface area contributed by atoms with E-state index >= 15 is 0 Å². The lowest BCUT2D eigenvalue weighted by Gasteiger charge is -2.11. The lowest BCUT2D eigenvalue weighted by atomic mass is 10.1. The molecule has 0 spiro atoms. The number of ketones is 1. The molecule has 0 aliphatic heterocycles. The van der Waals surface area contributed by atoms with Crippen LogP contribution in [0.5, 0.6) is 0 Å². The van der Waals surface area contributed by atoms with Crippen LogP contribution < -0.4 is 5.32 Å². The lowest BCUT2D eigenvalue weighted by molar-refractivity contribution is -0.142. The Balaban J connectivity index is 2.01. The quantitative estimate of drug-likeness (QED) is 0.379. The molecule has 1 amide bonds. The van der Waals surface area contributed by atoms with Gasteiger partial charge in [0.25, 0.3) is 0 Å². The molecule has 29 heavy (non-hydrogen) atoms. The Kier molecular flexibility index (Phi) is 7.95. The first-order chi connectivity index (χ1) is 13.7. The standard InChI is InChI=1S/C20H26N4O4S/c1-6-28-17(25)11-16-22-23-20(24(16)5)29-13(4)18(26)14-7-9-15(10-8-14)21-19(27)12(2)3/h7-10,12-13H,6,11H2,1-5H3,(H,21,27)/t13-/m0/s1. The summed E-state index contributed by atoms with van der Waals surface area (Å²) in [5.41, 5.74) is 1.19. The van der Waals surface area contributed by atoms with Gasteiger partial charge in [0, 0.05) is 24.2 Å². The molecule has 0 unspecified atom stereocenters. The topological polar surface area (TPSA) is 103 Å². The van der Waals surface area contributed by atoms with Crippen molar-refractivity contribution in [2.75, 3.05) is 11.9 Å². The second-order valence-corrected chi connectivity index (χ2v) is 8.09. The van der Waals surface area contributed by atoms with E-state index in [1.807, 2.05) is 13.8 Å². The molecule has 0 fully saturated rings. The van der Waals surface area contributed by atoms with Crippen molar-refractivity contribution >= 4 is 35.1 Å². The molecule has 0 saturated carbocycles. The predicted octanol–water partition coefficient (Wildman–Crippen LogP) is 2.88. The molecule has 0 aliphatic rings. The number of rotatable bonds is 9. The molecular formula is C20H26N4O4S. The third kappa shape index (κ3) is 6.15. The van der Waals surface area contributed by atoms with Crippen LogP contribution in [0.2, 0.25) is 0 Å². The van der Waals surface area contributed by atoms with Gasteiger partial charge in [0.2, 0.25) is 5.91 Å². The smallest absolute Gasteiger partial charge is 0.313 e. The van der Waals surface area contributed by atoms with Crippen LogP contribution in [-0.2, 0) is 27.8 Å². The minimum Gasteiger partial charge on any atom is -0.466 e. The Morgan fingerprint density at radius 2 is 1.79 bits per heavy atom. The van der Waals surface area contributed by atoms with Crippen LogP contribution in [0.1, 0.15) is 43.9 Å². The summed E-state index contributed by atoms with van der Waals surface area (Å²) in [4.78, 5) is 36.1. The van der Waals surface area contributed by atoms with E-state index in [4.69, 9.17) is 4.74 Å². The van der Waals surface area contributed by atoms with Gasteiger partial charge in [-0.25, -0.2) is 0 Å². The van der Waals surface area contributed by atoms with Gasteiger partial charge in [-0.3, -0.25) is 14.4 Å². The highest BCUT2D eigenvalue weighted by Crippen LogP contribution is 2.25. The number of carbonyl (C=O) groups excluding carboxylic acids is 3. The summed E-state index contributed by atoms with van der Waals surface area (Å²) in [6, 6.07) is 6.81. The van der Waals surface area contributed by atoms with Crippen LogP contribution in [0, 0.1) is 5.92 Å². The highest BCUT2D eigenvalue weighted by Gasteiger charge is 2.21. The molecule has 0 bridgehead atoms. The molecule has 1 N–H and O–H groups in total. The van der Waals surface area contributed by atoms with Gasteiger partial charge in [0.15, 0.2) is 10.9 Å². The van der Waals surface area contributed by atoms with E-state index in [1.165, 1.54) is 11.8 Å². The third-order valence-corrected chi connectivity index (χ3v) is 5.28. The number of benzene rings is 1. The van der Waals surface area contributed by atoms with Crippen LogP contribution in [0.4, 0.5) is 5.69 Å². The minimum atomic E-state index is -0.399. The van der Waals surface area contributed by atoms with E-state index in [0.29, 0.717) is 28.8 Å². The Bertz CT molecular complexity index is 877. The number of Topliss-reactive ketones (excluding diaryl/α,β-unsaturated/α-hetero) is 1. The molecular weight excluding hydrogens is 392 g/mol. The Labute approximate surface area is 174 Å². The average Bonchev–Trinajstić information content (AvgIpc) is 3.01. The zero-order valence-corrected chi connectivity index (χ0v) is 18.1. The molecule has 0 aliphatic carbocycles. The first kappa shape index (κ1) is 22.6. The van der Waals surface area contributed by atoms with Gasteiger partial charge in [0.1, 0.15) is 12.2 Å². The summed E-state index contributed by atoms with van der Waals surface area (Å²) < 4.78 is 6.62. The highest BCUT2D eigenvalue weighted by molar-refractivity contribution is 8.00. The zero-order valence-electron chi connectivity index (χ0n) is 17.3. The first-order valence-electron chi connectivity index (χ1n) is 9.38. The maximum Gasteiger partial charge on any atom is 0.313 e. The average molecular weight is 419 g/mol. The van der Waals surface area contributed by atoms with Gasteiger partial charge >= 0.3 is 5.97 Å². The number of amides is 1. The number of hydrogen-bond acceptors (Lipinski definition) is 7. The van der Waals surface area contributed by atoms with Gasteiger partial charge < -0.3 is 14.6 Å². The summed E-state index contributed by atoms with van der Waals surface area (Å²) in [5.74, 6) is -0.141. The van der Waals surface area contributed by atoms with Gasteiger partial charge in [-0.2, -0.15) is 0 Å².